The van der Waals surface area contributed by atoms with Crippen LogP contribution in [0.1, 0.15) is 46.0 Å². The number of thiophene rings is 1. The zero-order chi connectivity index (χ0) is 17.3. The van der Waals surface area contributed by atoms with Gasteiger partial charge in [-0.25, -0.2) is 4.79 Å². The van der Waals surface area contributed by atoms with Crippen LogP contribution in [-0.2, 0) is 4.74 Å². The van der Waals surface area contributed by atoms with Crippen LogP contribution in [0, 0.1) is 20.8 Å². The van der Waals surface area contributed by atoms with Crippen molar-refractivity contribution in [2.75, 3.05) is 0 Å². The molecule has 3 rings (SSSR count). The smallest absolute Gasteiger partial charge is 0.339 e. The zero-order valence-corrected chi connectivity index (χ0v) is 14.8. The topological polar surface area (TPSA) is 65.2 Å². The van der Waals surface area contributed by atoms with Crippen molar-refractivity contribution in [3.8, 4) is 10.8 Å². The van der Waals surface area contributed by atoms with E-state index in [1.165, 1.54) is 11.3 Å². The van der Waals surface area contributed by atoms with Gasteiger partial charge >= 0.3 is 5.97 Å². The van der Waals surface area contributed by atoms with Crippen LogP contribution in [0.25, 0.3) is 10.8 Å². The minimum absolute atomic E-state index is 0.286. The van der Waals surface area contributed by atoms with Crippen molar-refractivity contribution < 1.29 is 13.9 Å². The minimum atomic E-state index is -0.612. The third-order valence-corrected chi connectivity index (χ3v) is 4.54. The van der Waals surface area contributed by atoms with Crippen LogP contribution < -0.4 is 0 Å². The molecule has 1 atom stereocenters. The summed E-state index contributed by atoms with van der Waals surface area (Å²) >= 11 is 1.51. The largest absolute Gasteiger partial charge is 0.449 e. The number of aryl methyl sites for hydroxylation is 3. The van der Waals surface area contributed by atoms with Crippen molar-refractivity contribution in [2.45, 2.75) is 33.8 Å². The number of hydrogen-bond donors (Lipinski definition) is 0. The van der Waals surface area contributed by atoms with Crippen LogP contribution in [-0.4, -0.2) is 16.2 Å². The van der Waals surface area contributed by atoms with Gasteiger partial charge in [-0.1, -0.05) is 23.8 Å². The molecule has 1 aromatic carbocycles. The highest BCUT2D eigenvalue weighted by atomic mass is 32.1. The highest BCUT2D eigenvalue weighted by molar-refractivity contribution is 7.13. The Labute approximate surface area is 144 Å². The molecule has 0 N–H and O–H groups in total. The highest BCUT2D eigenvalue weighted by Crippen LogP contribution is 2.27. The summed E-state index contributed by atoms with van der Waals surface area (Å²) in [6.45, 7) is 7.54. The van der Waals surface area contributed by atoms with E-state index in [0.29, 0.717) is 11.5 Å². The fourth-order valence-electron chi connectivity index (χ4n) is 2.67. The average Bonchev–Trinajstić information content (AvgIpc) is 3.17. The predicted molar refractivity (Wildman–Crippen MR) is 92.1 cm³/mol. The summed E-state index contributed by atoms with van der Waals surface area (Å²) in [5.41, 5.74) is 3.50. The van der Waals surface area contributed by atoms with Crippen molar-refractivity contribution in [3.63, 3.8) is 0 Å². The van der Waals surface area contributed by atoms with E-state index in [-0.39, 0.29) is 11.9 Å². The number of benzene rings is 1. The molecule has 0 fully saturated rings. The summed E-state index contributed by atoms with van der Waals surface area (Å²) in [6, 6.07) is 7.75. The fourth-order valence-corrected chi connectivity index (χ4v) is 3.31. The molecule has 0 aliphatic heterocycles. The van der Waals surface area contributed by atoms with E-state index < -0.39 is 6.10 Å². The van der Waals surface area contributed by atoms with Crippen LogP contribution in [0.4, 0.5) is 0 Å². The Hall–Kier alpha value is -2.47. The summed E-state index contributed by atoms with van der Waals surface area (Å²) in [7, 11) is 0. The van der Waals surface area contributed by atoms with E-state index in [1.54, 1.807) is 6.92 Å². The number of hydrogen-bond acceptors (Lipinski definition) is 6. The Morgan fingerprint density at radius 2 is 1.92 bits per heavy atom. The molecule has 0 saturated heterocycles. The Kier molecular flexibility index (Phi) is 4.49. The molecule has 0 amide bonds. The lowest BCUT2D eigenvalue weighted by atomic mass is 10.00. The lowest BCUT2D eigenvalue weighted by Crippen LogP contribution is -2.12. The van der Waals surface area contributed by atoms with Gasteiger partial charge in [0.05, 0.1) is 10.4 Å². The Morgan fingerprint density at radius 3 is 2.54 bits per heavy atom. The molecule has 2 heterocycles. The number of rotatable bonds is 4. The van der Waals surface area contributed by atoms with Gasteiger partial charge in [0.15, 0.2) is 6.10 Å². The first-order valence-corrected chi connectivity index (χ1v) is 8.49. The summed E-state index contributed by atoms with van der Waals surface area (Å²) < 4.78 is 11.1. The van der Waals surface area contributed by atoms with Gasteiger partial charge in [-0.05, 0) is 50.3 Å². The summed E-state index contributed by atoms with van der Waals surface area (Å²) in [4.78, 5) is 13.4. The molecular formula is C18H18N2O3S. The van der Waals surface area contributed by atoms with E-state index in [1.807, 2.05) is 50.4 Å². The van der Waals surface area contributed by atoms with E-state index in [4.69, 9.17) is 9.15 Å². The molecule has 0 spiro atoms. The predicted octanol–water partition coefficient (Wildman–Crippen LogP) is 4.64. The van der Waals surface area contributed by atoms with E-state index in [9.17, 15) is 4.79 Å². The van der Waals surface area contributed by atoms with Crippen molar-refractivity contribution in [3.05, 3.63) is 57.8 Å². The van der Waals surface area contributed by atoms with E-state index >= 15 is 0 Å². The average molecular weight is 342 g/mol. The first-order valence-electron chi connectivity index (χ1n) is 7.62. The third-order valence-electron chi connectivity index (χ3n) is 3.69. The maximum absolute atomic E-state index is 12.5. The molecule has 0 saturated carbocycles. The Balaban J connectivity index is 1.78. The van der Waals surface area contributed by atoms with Gasteiger partial charge in [0.25, 0.3) is 11.8 Å². The molecule has 0 bridgehead atoms. The quantitative estimate of drug-likeness (QED) is 0.646. The molecule has 0 radical (unpaired) electrons. The monoisotopic (exact) mass is 342 g/mol. The molecule has 24 heavy (non-hydrogen) atoms. The molecule has 2 aromatic heterocycles. The second-order valence-electron chi connectivity index (χ2n) is 5.74. The van der Waals surface area contributed by atoms with Gasteiger partial charge < -0.3 is 9.15 Å². The molecule has 0 aliphatic rings. The second kappa shape index (κ2) is 6.57. The van der Waals surface area contributed by atoms with Gasteiger partial charge in [0, 0.05) is 0 Å². The number of carbonyl (C=O) groups is 1. The highest BCUT2D eigenvalue weighted by Gasteiger charge is 2.22. The normalized spacial score (nSPS) is 12.2. The first-order chi connectivity index (χ1) is 11.5. The third kappa shape index (κ3) is 3.23. The molecule has 1 unspecified atom stereocenters. The Bertz CT molecular complexity index is 845. The molecule has 5 nitrogen and oxygen atoms in total. The number of aromatic nitrogens is 2. The zero-order valence-electron chi connectivity index (χ0n) is 14.0. The second-order valence-corrected chi connectivity index (χ2v) is 6.69. The number of ether oxygens (including phenoxy) is 1. The van der Waals surface area contributed by atoms with Gasteiger partial charge in [0.1, 0.15) is 0 Å². The molecule has 3 aromatic rings. The van der Waals surface area contributed by atoms with Crippen molar-refractivity contribution in [2.24, 2.45) is 0 Å². The standard InChI is InChI=1S/C18H18N2O3S/c1-10-8-11(2)15(12(3)9-10)18(21)22-13(4)16-19-20-17(23-16)14-6-5-7-24-14/h5-9,13H,1-4H3. The summed E-state index contributed by atoms with van der Waals surface area (Å²) in [5, 5.41) is 9.94. The maximum Gasteiger partial charge on any atom is 0.339 e. The molecule has 6 heteroatoms. The molecule has 0 aliphatic carbocycles. The van der Waals surface area contributed by atoms with Crippen molar-refractivity contribution in [1.29, 1.82) is 0 Å². The maximum atomic E-state index is 12.5. The van der Waals surface area contributed by atoms with Gasteiger partial charge in [0.2, 0.25) is 0 Å². The minimum Gasteiger partial charge on any atom is -0.449 e. The molecular weight excluding hydrogens is 324 g/mol. The van der Waals surface area contributed by atoms with E-state index in [0.717, 1.165) is 21.6 Å². The summed E-state index contributed by atoms with van der Waals surface area (Å²) in [6.07, 6.45) is -0.612. The lowest BCUT2D eigenvalue weighted by molar-refractivity contribution is 0.0278. The SMILES string of the molecule is Cc1cc(C)c(C(=O)OC(C)c2nnc(-c3cccs3)o2)c(C)c1. The number of carbonyl (C=O) groups excluding carboxylic acids is 1. The number of esters is 1. The Morgan fingerprint density at radius 1 is 1.21 bits per heavy atom. The van der Waals surface area contributed by atoms with Crippen LogP contribution in [0.3, 0.4) is 0 Å². The van der Waals surface area contributed by atoms with Crippen molar-refractivity contribution >= 4 is 17.3 Å². The van der Waals surface area contributed by atoms with Crippen molar-refractivity contribution in [1.82, 2.24) is 10.2 Å². The molecule has 124 valence electrons. The van der Waals surface area contributed by atoms with Crippen LogP contribution >= 0.6 is 11.3 Å². The van der Waals surface area contributed by atoms with Gasteiger partial charge in [-0.2, -0.15) is 0 Å². The van der Waals surface area contributed by atoms with Gasteiger partial charge in [-0.3, -0.25) is 0 Å². The first kappa shape index (κ1) is 16.4. The van der Waals surface area contributed by atoms with Crippen LogP contribution in [0.15, 0.2) is 34.1 Å². The van der Waals surface area contributed by atoms with Crippen LogP contribution in [0.2, 0.25) is 0 Å². The van der Waals surface area contributed by atoms with Gasteiger partial charge in [-0.15, -0.1) is 21.5 Å². The van der Waals surface area contributed by atoms with Crippen LogP contribution in [0.5, 0.6) is 0 Å². The fraction of sp³-hybridized carbons (Fsp3) is 0.278. The van der Waals surface area contributed by atoms with E-state index in [2.05, 4.69) is 10.2 Å². The lowest BCUT2D eigenvalue weighted by Gasteiger charge is -2.13. The number of nitrogens with zero attached hydrogens (tertiary/aromatic N) is 2. The summed E-state index contributed by atoms with van der Waals surface area (Å²) in [5.74, 6) is 0.341.